The average molecular weight is 227 g/mol. The van der Waals surface area contributed by atoms with Crippen LogP contribution in [0.3, 0.4) is 0 Å². The Kier molecular flexibility index (Phi) is 3.10. The molecule has 90 valence electrons. The summed E-state index contributed by atoms with van der Waals surface area (Å²) >= 11 is 0. The van der Waals surface area contributed by atoms with Crippen LogP contribution in [0.5, 0.6) is 0 Å². The summed E-state index contributed by atoms with van der Waals surface area (Å²) in [5, 5.41) is 0. The van der Waals surface area contributed by atoms with Crippen molar-refractivity contribution in [3.05, 3.63) is 57.9 Å². The molecule has 0 fully saturated rings. The van der Waals surface area contributed by atoms with Crippen LogP contribution in [0.2, 0.25) is 0 Å². The van der Waals surface area contributed by atoms with Crippen LogP contribution in [0.25, 0.3) is 0 Å². The van der Waals surface area contributed by atoms with E-state index in [2.05, 4.69) is 63.6 Å². The summed E-state index contributed by atoms with van der Waals surface area (Å²) in [5.74, 6) is 0. The monoisotopic (exact) mass is 227 g/mol. The van der Waals surface area contributed by atoms with E-state index in [1.807, 2.05) is 0 Å². The molecule has 0 aliphatic heterocycles. The van der Waals surface area contributed by atoms with Crippen LogP contribution in [-0.2, 0) is 6.54 Å². The molecule has 2 rings (SSSR count). The van der Waals surface area contributed by atoms with Crippen molar-refractivity contribution < 1.29 is 0 Å². The number of hydrogen-bond donors (Lipinski definition) is 0. The van der Waals surface area contributed by atoms with Gasteiger partial charge in [-0.1, -0.05) is 23.8 Å². The van der Waals surface area contributed by atoms with Gasteiger partial charge < -0.3 is 4.57 Å². The minimum absolute atomic E-state index is 0.980. The van der Waals surface area contributed by atoms with Gasteiger partial charge in [-0.15, -0.1) is 0 Å². The van der Waals surface area contributed by atoms with Gasteiger partial charge in [0.05, 0.1) is 0 Å². The number of aryl methyl sites for hydroxylation is 3. The molecular weight excluding hydrogens is 206 g/mol. The van der Waals surface area contributed by atoms with E-state index in [9.17, 15) is 0 Å². The summed E-state index contributed by atoms with van der Waals surface area (Å²) in [6, 6.07) is 6.68. The molecule has 2 aromatic rings. The predicted molar refractivity (Wildman–Crippen MR) is 73.7 cm³/mol. The first-order valence-corrected chi connectivity index (χ1v) is 6.18. The fraction of sp³-hybridized carbons (Fsp3) is 0.375. The fourth-order valence-electron chi connectivity index (χ4n) is 2.25. The molecule has 0 aliphatic carbocycles. The van der Waals surface area contributed by atoms with Gasteiger partial charge in [-0.2, -0.15) is 0 Å². The van der Waals surface area contributed by atoms with Crippen molar-refractivity contribution in [2.75, 3.05) is 0 Å². The lowest BCUT2D eigenvalue weighted by Gasteiger charge is -2.10. The van der Waals surface area contributed by atoms with E-state index in [0.717, 1.165) is 6.54 Å². The Morgan fingerprint density at radius 1 is 0.941 bits per heavy atom. The number of rotatable bonds is 2. The predicted octanol–water partition coefficient (Wildman–Crippen LogP) is 4.08. The van der Waals surface area contributed by atoms with E-state index in [1.165, 1.54) is 33.5 Å². The Bertz CT molecular complexity index is 547. The van der Waals surface area contributed by atoms with Gasteiger partial charge in [-0.25, -0.2) is 0 Å². The first kappa shape index (κ1) is 12.0. The maximum Gasteiger partial charge on any atom is 0.0475 e. The quantitative estimate of drug-likeness (QED) is 0.728. The molecule has 17 heavy (non-hydrogen) atoms. The molecule has 0 radical (unpaired) electrons. The van der Waals surface area contributed by atoms with Gasteiger partial charge in [0.25, 0.3) is 0 Å². The highest BCUT2D eigenvalue weighted by molar-refractivity contribution is 5.33. The average Bonchev–Trinajstić information content (AvgIpc) is 2.52. The second kappa shape index (κ2) is 4.40. The molecule has 1 heterocycles. The lowest BCUT2D eigenvalue weighted by atomic mass is 10.1. The van der Waals surface area contributed by atoms with Crippen LogP contribution in [0.1, 0.15) is 33.5 Å². The van der Waals surface area contributed by atoms with E-state index in [1.54, 1.807) is 0 Å². The van der Waals surface area contributed by atoms with E-state index >= 15 is 0 Å². The van der Waals surface area contributed by atoms with Gasteiger partial charge >= 0.3 is 0 Å². The third-order valence-corrected chi connectivity index (χ3v) is 3.76. The third kappa shape index (κ3) is 2.28. The van der Waals surface area contributed by atoms with Crippen molar-refractivity contribution in [2.45, 2.75) is 41.2 Å². The summed E-state index contributed by atoms with van der Waals surface area (Å²) in [5.41, 5.74) is 8.30. The normalized spacial score (nSPS) is 10.9. The van der Waals surface area contributed by atoms with Crippen molar-refractivity contribution in [3.63, 3.8) is 0 Å². The Hall–Kier alpha value is -1.50. The first-order valence-electron chi connectivity index (χ1n) is 6.18. The first-order chi connectivity index (χ1) is 7.99. The van der Waals surface area contributed by atoms with Crippen molar-refractivity contribution in [1.29, 1.82) is 0 Å². The lowest BCUT2D eigenvalue weighted by Crippen LogP contribution is -2.02. The van der Waals surface area contributed by atoms with Gasteiger partial charge in [0.1, 0.15) is 0 Å². The van der Waals surface area contributed by atoms with E-state index < -0.39 is 0 Å². The lowest BCUT2D eigenvalue weighted by molar-refractivity contribution is 0.767. The molecule has 1 nitrogen and oxygen atoms in total. The van der Waals surface area contributed by atoms with Crippen molar-refractivity contribution in [1.82, 2.24) is 4.57 Å². The molecule has 1 aromatic carbocycles. The smallest absolute Gasteiger partial charge is 0.0475 e. The van der Waals surface area contributed by atoms with Crippen molar-refractivity contribution in [2.24, 2.45) is 0 Å². The minimum Gasteiger partial charge on any atom is -0.347 e. The Balaban J connectivity index is 2.37. The third-order valence-electron chi connectivity index (χ3n) is 3.76. The van der Waals surface area contributed by atoms with Crippen LogP contribution in [0.4, 0.5) is 0 Å². The molecule has 0 unspecified atom stereocenters. The highest BCUT2D eigenvalue weighted by Gasteiger charge is 2.07. The summed E-state index contributed by atoms with van der Waals surface area (Å²) in [7, 11) is 0. The zero-order valence-electron chi connectivity index (χ0n) is 11.5. The second-order valence-corrected chi connectivity index (χ2v) is 5.08. The minimum atomic E-state index is 0.980. The van der Waals surface area contributed by atoms with Crippen molar-refractivity contribution >= 4 is 0 Å². The van der Waals surface area contributed by atoms with Crippen LogP contribution in [0.15, 0.2) is 24.4 Å². The SMILES string of the molecule is Cc1ccc(C)c(Cn2cc(C)c(C)c2C)c1. The molecule has 0 atom stereocenters. The van der Waals surface area contributed by atoms with Gasteiger partial charge in [0.2, 0.25) is 0 Å². The molecular formula is C16H21N. The maximum absolute atomic E-state index is 2.35. The molecule has 1 heteroatoms. The van der Waals surface area contributed by atoms with Crippen LogP contribution in [0, 0.1) is 34.6 Å². The molecule has 0 N–H and O–H groups in total. The summed E-state index contributed by atoms with van der Waals surface area (Å²) in [4.78, 5) is 0. The number of nitrogens with zero attached hydrogens (tertiary/aromatic N) is 1. The van der Waals surface area contributed by atoms with E-state index in [4.69, 9.17) is 0 Å². The second-order valence-electron chi connectivity index (χ2n) is 5.08. The molecule has 1 aromatic heterocycles. The maximum atomic E-state index is 2.35. The summed E-state index contributed by atoms with van der Waals surface area (Å²) < 4.78 is 2.35. The van der Waals surface area contributed by atoms with E-state index in [-0.39, 0.29) is 0 Å². The van der Waals surface area contributed by atoms with Gasteiger partial charge in [-0.3, -0.25) is 0 Å². The van der Waals surface area contributed by atoms with Crippen LogP contribution < -0.4 is 0 Å². The highest BCUT2D eigenvalue weighted by Crippen LogP contribution is 2.18. The van der Waals surface area contributed by atoms with Crippen molar-refractivity contribution in [3.8, 4) is 0 Å². The molecule has 0 bridgehead atoms. The number of benzene rings is 1. The standard InChI is InChI=1S/C16H21N/c1-11-6-7-12(2)16(8-11)10-17-9-13(3)14(4)15(17)5/h6-9H,10H2,1-5H3. The molecule has 0 spiro atoms. The fourth-order valence-corrected chi connectivity index (χ4v) is 2.25. The summed E-state index contributed by atoms with van der Waals surface area (Å²) in [6.07, 6.45) is 2.26. The molecule has 0 saturated carbocycles. The largest absolute Gasteiger partial charge is 0.347 e. The number of hydrogen-bond acceptors (Lipinski definition) is 0. The Labute approximate surface area is 104 Å². The Morgan fingerprint density at radius 3 is 2.24 bits per heavy atom. The van der Waals surface area contributed by atoms with Gasteiger partial charge in [0.15, 0.2) is 0 Å². The Morgan fingerprint density at radius 2 is 1.65 bits per heavy atom. The molecule has 0 amide bonds. The molecule has 0 saturated heterocycles. The van der Waals surface area contributed by atoms with Crippen LogP contribution >= 0.6 is 0 Å². The topological polar surface area (TPSA) is 4.93 Å². The van der Waals surface area contributed by atoms with E-state index in [0.29, 0.717) is 0 Å². The van der Waals surface area contributed by atoms with Gasteiger partial charge in [-0.05, 0) is 56.9 Å². The van der Waals surface area contributed by atoms with Crippen LogP contribution in [-0.4, -0.2) is 4.57 Å². The summed E-state index contributed by atoms with van der Waals surface area (Å²) in [6.45, 7) is 11.9. The number of aromatic nitrogens is 1. The highest BCUT2D eigenvalue weighted by atomic mass is 15.0. The zero-order chi connectivity index (χ0) is 12.6. The molecule has 0 aliphatic rings. The zero-order valence-corrected chi connectivity index (χ0v) is 11.5. The van der Waals surface area contributed by atoms with Gasteiger partial charge in [0, 0.05) is 18.4 Å².